The van der Waals surface area contributed by atoms with Gasteiger partial charge in [-0.3, -0.25) is 0 Å². The second kappa shape index (κ2) is 5.06. The third-order valence-corrected chi connectivity index (χ3v) is 4.12. The lowest BCUT2D eigenvalue weighted by Gasteiger charge is -2.34. The number of hydrogen-bond donors (Lipinski definition) is 2. The number of phenolic OH excluding ortho intramolecular Hbond substituents is 1. The van der Waals surface area contributed by atoms with Crippen molar-refractivity contribution in [3.05, 3.63) is 65.2 Å². The molecule has 1 aliphatic carbocycles. The molecule has 0 fully saturated rings. The van der Waals surface area contributed by atoms with Crippen LogP contribution in [-0.2, 0) is 6.42 Å². The van der Waals surface area contributed by atoms with Gasteiger partial charge in [0, 0.05) is 12.0 Å². The molecule has 2 aromatic carbocycles. The normalized spacial score (nSPS) is 21.9. The highest BCUT2D eigenvalue weighted by molar-refractivity contribution is 5.45. The van der Waals surface area contributed by atoms with Crippen LogP contribution < -0.4 is 5.32 Å². The van der Waals surface area contributed by atoms with E-state index in [0.29, 0.717) is 17.7 Å². The molecule has 0 unspecified atom stereocenters. The molecule has 2 aromatic rings. The molecule has 0 spiro atoms. The average molecular weight is 253 g/mol. The molecule has 0 amide bonds. The maximum absolute atomic E-state index is 9.79. The fraction of sp³-hybridized carbons (Fsp3) is 0.294. The Hall–Kier alpha value is -1.80. The Bertz CT molecular complexity index is 565. The van der Waals surface area contributed by atoms with Crippen LogP contribution in [0.25, 0.3) is 0 Å². The standard InChI is InChI=1S/C17H19NO/c1-18-16-10-8-12-7-9-14(19)11-15(12)17(16)13-5-3-2-4-6-13/h2-7,9,11,16-19H,8,10H2,1H3/t16-,17-/m1/s1. The number of hydrogen-bond acceptors (Lipinski definition) is 2. The first-order chi connectivity index (χ1) is 9.29. The van der Waals surface area contributed by atoms with Crippen molar-refractivity contribution in [3.8, 4) is 5.75 Å². The number of likely N-dealkylation sites (N-methyl/N-ethyl adjacent to an activating group) is 1. The summed E-state index contributed by atoms with van der Waals surface area (Å²) in [4.78, 5) is 0. The lowest BCUT2D eigenvalue weighted by Crippen LogP contribution is -2.36. The number of phenols is 1. The van der Waals surface area contributed by atoms with Crippen LogP contribution in [0, 0.1) is 0 Å². The van der Waals surface area contributed by atoms with Gasteiger partial charge in [-0.05, 0) is 48.7 Å². The van der Waals surface area contributed by atoms with E-state index in [1.165, 1.54) is 16.7 Å². The van der Waals surface area contributed by atoms with Crippen molar-refractivity contribution in [2.24, 2.45) is 0 Å². The van der Waals surface area contributed by atoms with Crippen LogP contribution in [0.1, 0.15) is 29.0 Å². The fourth-order valence-corrected chi connectivity index (χ4v) is 3.18. The average Bonchev–Trinajstić information content (AvgIpc) is 2.46. The Morgan fingerprint density at radius 2 is 1.89 bits per heavy atom. The van der Waals surface area contributed by atoms with Crippen LogP contribution >= 0.6 is 0 Å². The molecular formula is C17H19NO. The fourth-order valence-electron chi connectivity index (χ4n) is 3.18. The zero-order valence-corrected chi connectivity index (χ0v) is 11.1. The summed E-state index contributed by atoms with van der Waals surface area (Å²) < 4.78 is 0. The van der Waals surface area contributed by atoms with E-state index >= 15 is 0 Å². The zero-order valence-electron chi connectivity index (χ0n) is 11.1. The van der Waals surface area contributed by atoms with Crippen molar-refractivity contribution in [1.29, 1.82) is 0 Å². The van der Waals surface area contributed by atoms with E-state index in [2.05, 4.69) is 35.6 Å². The van der Waals surface area contributed by atoms with Gasteiger partial charge < -0.3 is 10.4 Å². The van der Waals surface area contributed by atoms with Gasteiger partial charge >= 0.3 is 0 Å². The highest BCUT2D eigenvalue weighted by Gasteiger charge is 2.29. The molecule has 0 aromatic heterocycles. The molecule has 0 bridgehead atoms. The minimum atomic E-state index is 0.321. The van der Waals surface area contributed by atoms with E-state index in [4.69, 9.17) is 0 Å². The first-order valence-corrected chi connectivity index (χ1v) is 6.83. The van der Waals surface area contributed by atoms with Gasteiger partial charge in [0.2, 0.25) is 0 Å². The largest absolute Gasteiger partial charge is 0.508 e. The van der Waals surface area contributed by atoms with Gasteiger partial charge in [-0.25, -0.2) is 0 Å². The summed E-state index contributed by atoms with van der Waals surface area (Å²) in [6.45, 7) is 0. The van der Waals surface area contributed by atoms with Gasteiger partial charge in [0.1, 0.15) is 5.75 Å². The van der Waals surface area contributed by atoms with Crippen molar-refractivity contribution in [2.45, 2.75) is 24.8 Å². The van der Waals surface area contributed by atoms with Crippen molar-refractivity contribution in [2.75, 3.05) is 7.05 Å². The van der Waals surface area contributed by atoms with Crippen LogP contribution in [0.4, 0.5) is 0 Å². The first-order valence-electron chi connectivity index (χ1n) is 6.83. The third kappa shape index (κ3) is 2.24. The molecule has 3 rings (SSSR count). The minimum absolute atomic E-state index is 0.321. The highest BCUT2D eigenvalue weighted by atomic mass is 16.3. The molecule has 0 aliphatic heterocycles. The molecule has 0 heterocycles. The van der Waals surface area contributed by atoms with E-state index in [-0.39, 0.29) is 0 Å². The molecule has 0 saturated heterocycles. The lowest BCUT2D eigenvalue weighted by atomic mass is 9.75. The maximum Gasteiger partial charge on any atom is 0.115 e. The summed E-state index contributed by atoms with van der Waals surface area (Å²) in [6.07, 6.45) is 2.21. The monoisotopic (exact) mass is 253 g/mol. The molecule has 2 N–H and O–H groups in total. The summed E-state index contributed by atoms with van der Waals surface area (Å²) in [5.41, 5.74) is 3.93. The molecule has 2 heteroatoms. The van der Waals surface area contributed by atoms with Crippen molar-refractivity contribution in [3.63, 3.8) is 0 Å². The maximum atomic E-state index is 9.79. The molecule has 0 saturated carbocycles. The number of nitrogens with one attached hydrogen (secondary N) is 1. The SMILES string of the molecule is CN[C@@H]1CCc2ccc(O)cc2[C@H]1c1ccccc1. The molecule has 0 radical (unpaired) electrons. The van der Waals surface area contributed by atoms with Gasteiger partial charge in [-0.1, -0.05) is 36.4 Å². The van der Waals surface area contributed by atoms with Crippen LogP contribution in [0.5, 0.6) is 5.75 Å². The zero-order chi connectivity index (χ0) is 13.2. The van der Waals surface area contributed by atoms with E-state index in [9.17, 15) is 5.11 Å². The predicted octanol–water partition coefficient (Wildman–Crippen LogP) is 3.06. The number of fused-ring (bicyclic) bond motifs is 1. The van der Waals surface area contributed by atoms with Crippen LogP contribution in [0.3, 0.4) is 0 Å². The van der Waals surface area contributed by atoms with Gasteiger partial charge in [-0.15, -0.1) is 0 Å². The molecule has 2 nitrogen and oxygen atoms in total. The third-order valence-electron chi connectivity index (χ3n) is 4.12. The smallest absolute Gasteiger partial charge is 0.115 e. The lowest BCUT2D eigenvalue weighted by molar-refractivity contribution is 0.441. The Morgan fingerprint density at radius 3 is 2.63 bits per heavy atom. The van der Waals surface area contributed by atoms with E-state index in [1.54, 1.807) is 6.07 Å². The van der Waals surface area contributed by atoms with E-state index < -0.39 is 0 Å². The number of benzene rings is 2. The molecule has 2 atom stereocenters. The molecule has 98 valence electrons. The van der Waals surface area contributed by atoms with Gasteiger partial charge in [0.25, 0.3) is 0 Å². The van der Waals surface area contributed by atoms with Crippen molar-refractivity contribution >= 4 is 0 Å². The Kier molecular flexibility index (Phi) is 3.26. The predicted molar refractivity (Wildman–Crippen MR) is 77.6 cm³/mol. The summed E-state index contributed by atoms with van der Waals surface area (Å²) >= 11 is 0. The molecule has 19 heavy (non-hydrogen) atoms. The second-order valence-corrected chi connectivity index (χ2v) is 5.21. The summed E-state index contributed by atoms with van der Waals surface area (Å²) in [6, 6.07) is 16.8. The first kappa shape index (κ1) is 12.2. The molecule has 1 aliphatic rings. The van der Waals surface area contributed by atoms with Crippen LogP contribution in [0.2, 0.25) is 0 Å². The highest BCUT2D eigenvalue weighted by Crippen LogP contribution is 2.38. The second-order valence-electron chi connectivity index (χ2n) is 5.21. The number of aromatic hydroxyl groups is 1. The van der Waals surface area contributed by atoms with E-state index in [0.717, 1.165) is 12.8 Å². The summed E-state index contributed by atoms with van der Waals surface area (Å²) in [5, 5.41) is 13.2. The Labute approximate surface area is 114 Å². The summed E-state index contributed by atoms with van der Waals surface area (Å²) in [5.74, 6) is 0.679. The topological polar surface area (TPSA) is 32.3 Å². The van der Waals surface area contributed by atoms with Crippen molar-refractivity contribution in [1.82, 2.24) is 5.32 Å². The summed E-state index contributed by atoms with van der Waals surface area (Å²) in [7, 11) is 2.02. The van der Waals surface area contributed by atoms with Crippen LogP contribution in [-0.4, -0.2) is 18.2 Å². The number of rotatable bonds is 2. The van der Waals surface area contributed by atoms with Gasteiger partial charge in [-0.2, -0.15) is 0 Å². The minimum Gasteiger partial charge on any atom is -0.508 e. The Balaban J connectivity index is 2.12. The van der Waals surface area contributed by atoms with Gasteiger partial charge in [0.05, 0.1) is 0 Å². The quantitative estimate of drug-likeness (QED) is 0.862. The van der Waals surface area contributed by atoms with Crippen LogP contribution in [0.15, 0.2) is 48.5 Å². The molecular weight excluding hydrogens is 234 g/mol. The van der Waals surface area contributed by atoms with Gasteiger partial charge in [0.15, 0.2) is 0 Å². The van der Waals surface area contributed by atoms with Crippen molar-refractivity contribution < 1.29 is 5.11 Å². The number of aryl methyl sites for hydroxylation is 1. The van der Waals surface area contributed by atoms with E-state index in [1.807, 2.05) is 19.2 Å². The Morgan fingerprint density at radius 1 is 1.11 bits per heavy atom.